The Kier molecular flexibility index (Phi) is 2.44. The quantitative estimate of drug-likeness (QED) is 0.644. The lowest BCUT2D eigenvalue weighted by Crippen LogP contribution is -2.12. The van der Waals surface area contributed by atoms with Crippen molar-refractivity contribution in [1.29, 1.82) is 0 Å². The third-order valence-corrected chi connectivity index (χ3v) is 1.53. The first kappa shape index (κ1) is 8.01. The zero-order valence-corrected chi connectivity index (χ0v) is 6.77. The largest absolute Gasteiger partial charge is 0.329 e. The highest BCUT2D eigenvalue weighted by atomic mass is 16.1. The highest BCUT2D eigenvalue weighted by Gasteiger charge is 1.94. The molecule has 3 heteroatoms. The lowest BCUT2D eigenvalue weighted by molar-refractivity contribution is 0.810. The van der Waals surface area contributed by atoms with Crippen LogP contribution in [-0.4, -0.2) is 12.0 Å². The molecule has 0 atom stereocenters. The Balaban J connectivity index is 2.96. The Hall–Kier alpha value is -1.09. The highest BCUT2D eigenvalue weighted by Crippen LogP contribution is 1.95. The molecule has 0 aliphatic heterocycles. The summed E-state index contributed by atoms with van der Waals surface area (Å²) in [7, 11) is 1.88. The van der Waals surface area contributed by atoms with Gasteiger partial charge in [0.2, 0.25) is 0 Å². The van der Waals surface area contributed by atoms with Crippen molar-refractivity contribution in [2.24, 2.45) is 0 Å². The lowest BCUT2D eigenvalue weighted by atomic mass is 10.2. The predicted molar refractivity (Wildman–Crippen MR) is 44.6 cm³/mol. The Morgan fingerprint density at radius 1 is 1.64 bits per heavy atom. The van der Waals surface area contributed by atoms with E-state index >= 15 is 0 Å². The van der Waals surface area contributed by atoms with Crippen LogP contribution in [0.4, 0.5) is 0 Å². The first-order valence-electron chi connectivity index (χ1n) is 3.57. The number of pyridine rings is 1. The molecule has 1 heterocycles. The number of aromatic nitrogens is 1. The van der Waals surface area contributed by atoms with E-state index in [9.17, 15) is 4.79 Å². The van der Waals surface area contributed by atoms with Gasteiger partial charge in [0.25, 0.3) is 5.56 Å². The third kappa shape index (κ3) is 1.91. The third-order valence-electron chi connectivity index (χ3n) is 1.53. The van der Waals surface area contributed by atoms with E-state index in [0.29, 0.717) is 0 Å². The van der Waals surface area contributed by atoms with E-state index in [-0.39, 0.29) is 5.56 Å². The number of aryl methyl sites for hydroxylation is 1. The maximum atomic E-state index is 10.9. The Bertz CT molecular complexity index is 290. The lowest BCUT2D eigenvalue weighted by Gasteiger charge is -1.99. The van der Waals surface area contributed by atoms with E-state index in [4.69, 9.17) is 0 Å². The normalized spacial score (nSPS) is 10.0. The van der Waals surface area contributed by atoms with Crippen LogP contribution in [-0.2, 0) is 6.54 Å². The van der Waals surface area contributed by atoms with Crippen LogP contribution in [0.25, 0.3) is 0 Å². The van der Waals surface area contributed by atoms with E-state index in [2.05, 4.69) is 10.3 Å². The molecule has 0 fully saturated rings. The van der Waals surface area contributed by atoms with Crippen LogP contribution in [0.5, 0.6) is 0 Å². The van der Waals surface area contributed by atoms with Gasteiger partial charge in [-0.3, -0.25) is 4.79 Å². The van der Waals surface area contributed by atoms with Crippen molar-refractivity contribution < 1.29 is 0 Å². The first-order valence-corrected chi connectivity index (χ1v) is 3.57. The van der Waals surface area contributed by atoms with Gasteiger partial charge in [-0.25, -0.2) is 0 Å². The molecule has 2 N–H and O–H groups in total. The van der Waals surface area contributed by atoms with Gasteiger partial charge in [-0.1, -0.05) is 0 Å². The van der Waals surface area contributed by atoms with E-state index in [1.807, 2.05) is 13.1 Å². The summed E-state index contributed by atoms with van der Waals surface area (Å²) in [6.45, 7) is 2.59. The SMILES string of the molecule is CNCc1c[nH]c(=O)c(C)c1. The zero-order valence-electron chi connectivity index (χ0n) is 6.77. The van der Waals surface area contributed by atoms with Crippen LogP contribution in [0.1, 0.15) is 11.1 Å². The Morgan fingerprint density at radius 3 is 2.91 bits per heavy atom. The van der Waals surface area contributed by atoms with Gasteiger partial charge in [-0.15, -0.1) is 0 Å². The molecular weight excluding hydrogens is 140 g/mol. The maximum absolute atomic E-state index is 10.9. The summed E-state index contributed by atoms with van der Waals surface area (Å²) in [4.78, 5) is 13.6. The number of rotatable bonds is 2. The fraction of sp³-hybridized carbons (Fsp3) is 0.375. The molecule has 0 bridgehead atoms. The summed E-state index contributed by atoms with van der Waals surface area (Å²) in [6.07, 6.45) is 1.73. The summed E-state index contributed by atoms with van der Waals surface area (Å²) in [5.74, 6) is 0. The van der Waals surface area contributed by atoms with Gasteiger partial charge in [0, 0.05) is 18.3 Å². The summed E-state index contributed by atoms with van der Waals surface area (Å²) in [5, 5.41) is 3.01. The molecule has 0 aliphatic carbocycles. The first-order chi connectivity index (χ1) is 5.24. The Morgan fingerprint density at radius 2 is 2.36 bits per heavy atom. The van der Waals surface area contributed by atoms with Crippen molar-refractivity contribution in [3.8, 4) is 0 Å². The summed E-state index contributed by atoms with van der Waals surface area (Å²) in [6, 6.07) is 1.88. The fourth-order valence-corrected chi connectivity index (χ4v) is 0.964. The molecule has 0 unspecified atom stereocenters. The molecule has 3 nitrogen and oxygen atoms in total. The smallest absolute Gasteiger partial charge is 0.250 e. The van der Waals surface area contributed by atoms with Crippen LogP contribution in [0.2, 0.25) is 0 Å². The molecule has 1 aromatic rings. The highest BCUT2D eigenvalue weighted by molar-refractivity contribution is 5.16. The number of aromatic amines is 1. The minimum Gasteiger partial charge on any atom is -0.329 e. The molecule has 1 rings (SSSR count). The topological polar surface area (TPSA) is 44.9 Å². The van der Waals surface area contributed by atoms with Crippen molar-refractivity contribution in [2.45, 2.75) is 13.5 Å². The molecule has 0 spiro atoms. The molecule has 11 heavy (non-hydrogen) atoms. The van der Waals surface area contributed by atoms with Crippen LogP contribution >= 0.6 is 0 Å². The standard InChI is InChI=1S/C8H12N2O/c1-6-3-7(4-9-2)5-10-8(6)11/h3,5,9H,4H2,1-2H3,(H,10,11). The van der Waals surface area contributed by atoms with Gasteiger partial charge >= 0.3 is 0 Å². The average molecular weight is 152 g/mol. The van der Waals surface area contributed by atoms with Gasteiger partial charge < -0.3 is 10.3 Å². The molecule has 1 aromatic heterocycles. The number of H-pyrrole nitrogens is 1. The second kappa shape index (κ2) is 3.34. The van der Waals surface area contributed by atoms with Crippen molar-refractivity contribution in [3.63, 3.8) is 0 Å². The molecule has 0 saturated heterocycles. The van der Waals surface area contributed by atoms with E-state index in [1.54, 1.807) is 13.1 Å². The van der Waals surface area contributed by atoms with Crippen molar-refractivity contribution in [1.82, 2.24) is 10.3 Å². The minimum absolute atomic E-state index is 0.00940. The second-order valence-electron chi connectivity index (χ2n) is 2.55. The molecule has 60 valence electrons. The molecule has 0 aromatic carbocycles. The summed E-state index contributed by atoms with van der Waals surface area (Å²) < 4.78 is 0. The van der Waals surface area contributed by atoms with E-state index < -0.39 is 0 Å². The van der Waals surface area contributed by atoms with Crippen molar-refractivity contribution in [3.05, 3.63) is 33.7 Å². The van der Waals surface area contributed by atoms with E-state index in [1.165, 1.54) is 0 Å². The van der Waals surface area contributed by atoms with Gasteiger partial charge in [0.1, 0.15) is 0 Å². The van der Waals surface area contributed by atoms with Crippen molar-refractivity contribution in [2.75, 3.05) is 7.05 Å². The van der Waals surface area contributed by atoms with Crippen LogP contribution in [0.3, 0.4) is 0 Å². The van der Waals surface area contributed by atoms with Crippen molar-refractivity contribution >= 4 is 0 Å². The van der Waals surface area contributed by atoms with Crippen LogP contribution in [0.15, 0.2) is 17.1 Å². The van der Waals surface area contributed by atoms with Gasteiger partial charge in [0.15, 0.2) is 0 Å². The van der Waals surface area contributed by atoms with Crippen LogP contribution < -0.4 is 10.9 Å². The number of hydrogen-bond acceptors (Lipinski definition) is 2. The van der Waals surface area contributed by atoms with Crippen LogP contribution in [0, 0.1) is 6.92 Å². The van der Waals surface area contributed by atoms with Gasteiger partial charge in [0.05, 0.1) is 0 Å². The fourth-order valence-electron chi connectivity index (χ4n) is 0.964. The minimum atomic E-state index is -0.00940. The molecule has 0 radical (unpaired) electrons. The molecule has 0 saturated carbocycles. The predicted octanol–water partition coefficient (Wildman–Crippen LogP) is 0.403. The zero-order chi connectivity index (χ0) is 8.27. The summed E-state index contributed by atoms with van der Waals surface area (Å²) >= 11 is 0. The number of hydrogen-bond donors (Lipinski definition) is 2. The second-order valence-corrected chi connectivity index (χ2v) is 2.55. The molecular formula is C8H12N2O. The monoisotopic (exact) mass is 152 g/mol. The molecule has 0 amide bonds. The van der Waals surface area contributed by atoms with E-state index in [0.717, 1.165) is 17.7 Å². The van der Waals surface area contributed by atoms with Gasteiger partial charge in [-0.05, 0) is 25.6 Å². The maximum Gasteiger partial charge on any atom is 0.250 e. The average Bonchev–Trinajstić information content (AvgIpc) is 1.98. The molecule has 0 aliphatic rings. The summed E-state index contributed by atoms with van der Waals surface area (Å²) in [5.41, 5.74) is 1.85. The Labute approximate surface area is 65.5 Å². The van der Waals surface area contributed by atoms with Gasteiger partial charge in [-0.2, -0.15) is 0 Å². The number of nitrogens with one attached hydrogen (secondary N) is 2.